The van der Waals surface area contributed by atoms with Crippen LogP contribution in [0.2, 0.25) is 0 Å². The predicted molar refractivity (Wildman–Crippen MR) is 110 cm³/mol. The van der Waals surface area contributed by atoms with E-state index in [-0.39, 0.29) is 0 Å². The Hall–Kier alpha value is -1.59. The average molecular weight is 371 g/mol. The van der Waals surface area contributed by atoms with E-state index in [4.69, 9.17) is 0 Å². The van der Waals surface area contributed by atoms with Gasteiger partial charge in [-0.15, -0.1) is 0 Å². The van der Waals surface area contributed by atoms with Crippen molar-refractivity contribution in [1.29, 1.82) is 0 Å². The Morgan fingerprint density at radius 1 is 1.00 bits per heavy atom. The van der Waals surface area contributed by atoms with Crippen LogP contribution in [0, 0.1) is 5.92 Å². The van der Waals surface area contributed by atoms with Gasteiger partial charge in [-0.05, 0) is 56.0 Å². The van der Waals surface area contributed by atoms with Gasteiger partial charge >= 0.3 is 0 Å². The molecule has 1 amide bonds. The van der Waals surface area contributed by atoms with Crippen molar-refractivity contribution in [2.24, 2.45) is 5.92 Å². The summed E-state index contributed by atoms with van der Waals surface area (Å²) in [5.41, 5.74) is 2.45. The van der Waals surface area contributed by atoms with Gasteiger partial charge in [0.2, 0.25) is 5.91 Å². The fraction of sp³-hybridized carbons (Fsp3) is 0.682. The number of carbonyl (C=O) groups excluding carboxylic acids is 1. The van der Waals surface area contributed by atoms with Crippen LogP contribution >= 0.6 is 0 Å². The van der Waals surface area contributed by atoms with Gasteiger partial charge in [0.15, 0.2) is 0 Å². The molecule has 4 saturated heterocycles. The normalized spacial score (nSPS) is 28.4. The van der Waals surface area contributed by atoms with E-state index < -0.39 is 0 Å². The lowest BCUT2D eigenvalue weighted by molar-refractivity contribution is -0.134. The molecule has 0 saturated carbocycles. The number of hydrogen-bond acceptors (Lipinski definition) is 4. The number of benzene rings is 1. The van der Waals surface area contributed by atoms with Crippen LogP contribution in [-0.4, -0.2) is 86.6 Å². The summed E-state index contributed by atoms with van der Waals surface area (Å²) < 4.78 is 0. The van der Waals surface area contributed by atoms with Gasteiger partial charge in [-0.2, -0.15) is 0 Å². The van der Waals surface area contributed by atoms with Crippen LogP contribution in [0.25, 0.3) is 0 Å². The fourth-order valence-corrected chi connectivity index (χ4v) is 5.02. The van der Waals surface area contributed by atoms with E-state index >= 15 is 0 Å². The smallest absolute Gasteiger partial charge is 0.222 e. The number of carbonyl (C=O) groups is 1. The fourth-order valence-electron chi connectivity index (χ4n) is 5.02. The molecular formula is C22H34N4O. The van der Waals surface area contributed by atoms with Crippen LogP contribution in [0.4, 0.5) is 5.69 Å². The molecule has 0 N–H and O–H groups in total. The van der Waals surface area contributed by atoms with Gasteiger partial charge in [-0.1, -0.05) is 12.1 Å². The maximum atomic E-state index is 12.6. The Balaban J connectivity index is 1.23. The van der Waals surface area contributed by atoms with Crippen molar-refractivity contribution in [2.45, 2.75) is 31.7 Å². The molecule has 4 aliphatic rings. The summed E-state index contributed by atoms with van der Waals surface area (Å²) in [6.07, 6.45) is 4.21. The largest absolute Gasteiger partial charge is 0.378 e. The molecule has 1 aromatic carbocycles. The molecule has 0 spiro atoms. The van der Waals surface area contributed by atoms with E-state index in [0.29, 0.717) is 12.3 Å². The second-order valence-corrected chi connectivity index (χ2v) is 8.68. The van der Waals surface area contributed by atoms with Crippen molar-refractivity contribution >= 4 is 11.6 Å². The van der Waals surface area contributed by atoms with Gasteiger partial charge in [0.25, 0.3) is 0 Å². The lowest BCUT2D eigenvalue weighted by atomic mass is 9.83. The van der Waals surface area contributed by atoms with Crippen molar-refractivity contribution in [3.05, 3.63) is 29.8 Å². The number of piperidine rings is 3. The molecule has 1 unspecified atom stereocenters. The second-order valence-electron chi connectivity index (χ2n) is 8.68. The maximum absolute atomic E-state index is 12.6. The highest BCUT2D eigenvalue weighted by atomic mass is 16.2. The SMILES string of the molecule is CN(C)c1ccc(CCC(=O)N2CCN(C3CN4CCC3CC4)CC2)cc1. The summed E-state index contributed by atoms with van der Waals surface area (Å²) in [7, 11) is 4.10. The van der Waals surface area contributed by atoms with Gasteiger partial charge in [0.1, 0.15) is 0 Å². The standard InChI is InChI=1S/C22H34N4O/c1-23(2)20-6-3-18(4-7-20)5-8-22(27)26-15-13-25(14-16-26)21-17-24-11-9-19(21)10-12-24/h3-4,6-7,19,21H,5,8-17H2,1-2H3. The van der Waals surface area contributed by atoms with E-state index in [1.54, 1.807) is 0 Å². The molecule has 0 aromatic heterocycles. The summed E-state index contributed by atoms with van der Waals surface area (Å²) in [6, 6.07) is 9.29. The zero-order valence-electron chi connectivity index (χ0n) is 16.9. The van der Waals surface area contributed by atoms with E-state index in [9.17, 15) is 4.79 Å². The van der Waals surface area contributed by atoms with E-state index in [1.165, 1.54) is 43.7 Å². The minimum atomic E-state index is 0.320. The Morgan fingerprint density at radius 3 is 2.22 bits per heavy atom. The van der Waals surface area contributed by atoms with Gasteiger partial charge in [-0.25, -0.2) is 0 Å². The lowest BCUT2D eigenvalue weighted by Crippen LogP contribution is -2.61. The summed E-state index contributed by atoms with van der Waals surface area (Å²) in [5, 5.41) is 0. The molecule has 148 valence electrons. The Morgan fingerprint density at radius 2 is 1.67 bits per heavy atom. The van der Waals surface area contributed by atoms with Crippen molar-refractivity contribution in [2.75, 3.05) is 64.8 Å². The van der Waals surface area contributed by atoms with Crippen LogP contribution in [0.15, 0.2) is 24.3 Å². The number of fused-ring (bicyclic) bond motifs is 3. The highest BCUT2D eigenvalue weighted by Crippen LogP contribution is 2.31. The van der Waals surface area contributed by atoms with Crippen LogP contribution in [0.1, 0.15) is 24.8 Å². The third-order valence-corrected chi connectivity index (χ3v) is 6.84. The first kappa shape index (κ1) is 18.8. The first-order chi connectivity index (χ1) is 13.1. The zero-order valence-corrected chi connectivity index (χ0v) is 16.9. The molecule has 2 bridgehead atoms. The summed E-state index contributed by atoms with van der Waals surface area (Å²) >= 11 is 0. The van der Waals surface area contributed by atoms with Crippen LogP contribution in [0.5, 0.6) is 0 Å². The zero-order chi connectivity index (χ0) is 18.8. The molecule has 5 heteroatoms. The minimum absolute atomic E-state index is 0.320. The topological polar surface area (TPSA) is 30.0 Å². The number of nitrogens with zero attached hydrogens (tertiary/aromatic N) is 4. The lowest BCUT2D eigenvalue weighted by Gasteiger charge is -2.51. The Labute approximate surface area is 163 Å². The quantitative estimate of drug-likeness (QED) is 0.792. The minimum Gasteiger partial charge on any atom is -0.378 e. The molecule has 0 radical (unpaired) electrons. The van der Waals surface area contributed by atoms with Gasteiger partial charge in [0, 0.05) is 65.0 Å². The summed E-state index contributed by atoms with van der Waals surface area (Å²) in [6.45, 7) is 7.77. The first-order valence-electron chi connectivity index (χ1n) is 10.6. The third-order valence-electron chi connectivity index (χ3n) is 6.84. The Kier molecular flexibility index (Phi) is 5.69. The van der Waals surface area contributed by atoms with Crippen LogP contribution in [-0.2, 0) is 11.2 Å². The molecule has 1 atom stereocenters. The van der Waals surface area contributed by atoms with E-state index in [0.717, 1.165) is 44.6 Å². The van der Waals surface area contributed by atoms with Crippen molar-refractivity contribution < 1.29 is 4.79 Å². The molecule has 0 aliphatic carbocycles. The molecule has 5 rings (SSSR count). The van der Waals surface area contributed by atoms with E-state index in [1.807, 2.05) is 14.1 Å². The van der Waals surface area contributed by atoms with Crippen molar-refractivity contribution in [1.82, 2.24) is 14.7 Å². The maximum Gasteiger partial charge on any atom is 0.222 e. The van der Waals surface area contributed by atoms with Crippen molar-refractivity contribution in [3.8, 4) is 0 Å². The molecule has 5 nitrogen and oxygen atoms in total. The number of aryl methyl sites for hydroxylation is 1. The number of anilines is 1. The number of amides is 1. The van der Waals surface area contributed by atoms with Crippen molar-refractivity contribution in [3.63, 3.8) is 0 Å². The average Bonchev–Trinajstić information content (AvgIpc) is 2.73. The monoisotopic (exact) mass is 370 g/mol. The molecular weight excluding hydrogens is 336 g/mol. The highest BCUT2D eigenvalue weighted by Gasteiger charge is 2.38. The van der Waals surface area contributed by atoms with Crippen LogP contribution < -0.4 is 4.90 Å². The summed E-state index contributed by atoms with van der Waals surface area (Å²) in [5.74, 6) is 1.21. The predicted octanol–water partition coefficient (Wildman–Crippen LogP) is 1.92. The highest BCUT2D eigenvalue weighted by molar-refractivity contribution is 5.76. The van der Waals surface area contributed by atoms with Crippen LogP contribution in [0.3, 0.4) is 0 Å². The Bertz CT molecular complexity index is 628. The molecule has 1 aromatic rings. The molecule has 27 heavy (non-hydrogen) atoms. The molecule has 4 fully saturated rings. The molecule has 4 heterocycles. The van der Waals surface area contributed by atoms with Gasteiger partial charge in [0.05, 0.1) is 0 Å². The van der Waals surface area contributed by atoms with Gasteiger partial charge in [-0.3, -0.25) is 9.69 Å². The summed E-state index contributed by atoms with van der Waals surface area (Å²) in [4.78, 5) is 22.1. The number of piperazine rings is 1. The number of hydrogen-bond donors (Lipinski definition) is 0. The number of rotatable bonds is 5. The van der Waals surface area contributed by atoms with Gasteiger partial charge < -0.3 is 14.7 Å². The third kappa shape index (κ3) is 4.30. The second kappa shape index (κ2) is 8.19. The molecule has 4 aliphatic heterocycles. The van der Waals surface area contributed by atoms with E-state index in [2.05, 4.69) is 43.9 Å². The first-order valence-corrected chi connectivity index (χ1v) is 10.6.